The van der Waals surface area contributed by atoms with E-state index in [4.69, 9.17) is 23.7 Å². The number of anilines is 1. The highest BCUT2D eigenvalue weighted by Crippen LogP contribution is 2.17. The summed E-state index contributed by atoms with van der Waals surface area (Å²) in [7, 11) is 1.63. The van der Waals surface area contributed by atoms with Gasteiger partial charge in [0.05, 0.1) is 57.3 Å². The molecule has 0 aliphatic rings. The Bertz CT molecular complexity index is 1040. The largest absolute Gasteiger partial charge is 0.491 e. The van der Waals surface area contributed by atoms with E-state index in [1.807, 2.05) is 27.7 Å². The molecule has 210 valence electrons. The number of imidazole rings is 1. The van der Waals surface area contributed by atoms with Crippen molar-refractivity contribution in [3.05, 3.63) is 53.6 Å². The van der Waals surface area contributed by atoms with E-state index in [2.05, 4.69) is 15.3 Å². The van der Waals surface area contributed by atoms with E-state index in [0.717, 1.165) is 6.29 Å². The fraction of sp³-hybridized carbons (Fsp3) is 0.464. The zero-order valence-electron chi connectivity index (χ0n) is 23.1. The Morgan fingerprint density at radius 2 is 1.42 bits per heavy atom. The van der Waals surface area contributed by atoms with E-state index in [9.17, 15) is 9.59 Å². The number of carbonyl (C=O) groups excluding carboxylic acids is 2. The molecule has 0 unspecified atom stereocenters. The molecule has 0 bridgehead atoms. The fourth-order valence-electron chi connectivity index (χ4n) is 2.94. The second-order valence-electron chi connectivity index (χ2n) is 7.14. The SMILES string of the molecule is CC.CC.COCCOCCOCCOCCOc1ccc(C(=O)Nc2nc3ccc(C=O)cc3[nH]2)cc1. The first-order valence-electron chi connectivity index (χ1n) is 12.9. The third-order valence-electron chi connectivity index (χ3n) is 4.66. The standard InChI is InChI=1S/C24H29N3O7.2C2H6/c1-30-8-9-31-10-11-32-12-13-33-14-15-34-20-5-3-19(4-6-20)23(29)27-24-25-21-7-2-18(17-28)16-22(21)26-24;2*1-2/h2-7,16-17H,8-15H2,1H3,(H2,25,26,27,29);2*1-2H3. The maximum atomic E-state index is 12.5. The summed E-state index contributed by atoms with van der Waals surface area (Å²) in [6.07, 6.45) is 0.757. The number of methoxy groups -OCH3 is 1. The lowest BCUT2D eigenvalue weighted by molar-refractivity contribution is 0.000164. The van der Waals surface area contributed by atoms with Crippen LogP contribution in [0.4, 0.5) is 5.95 Å². The van der Waals surface area contributed by atoms with Crippen molar-refractivity contribution >= 4 is 29.2 Å². The van der Waals surface area contributed by atoms with E-state index in [-0.39, 0.29) is 5.91 Å². The van der Waals surface area contributed by atoms with Gasteiger partial charge in [-0.3, -0.25) is 14.9 Å². The van der Waals surface area contributed by atoms with Gasteiger partial charge in [-0.05, 0) is 42.5 Å². The first-order valence-corrected chi connectivity index (χ1v) is 12.9. The van der Waals surface area contributed by atoms with Crippen LogP contribution < -0.4 is 10.1 Å². The van der Waals surface area contributed by atoms with E-state index in [0.29, 0.717) is 86.7 Å². The van der Waals surface area contributed by atoms with E-state index in [1.54, 1.807) is 49.6 Å². The molecule has 0 aliphatic heterocycles. The summed E-state index contributed by atoms with van der Waals surface area (Å²) in [5.41, 5.74) is 2.32. The lowest BCUT2D eigenvalue weighted by Crippen LogP contribution is -2.14. The van der Waals surface area contributed by atoms with Crippen LogP contribution in [0.25, 0.3) is 11.0 Å². The number of aromatic nitrogens is 2. The van der Waals surface area contributed by atoms with Crippen molar-refractivity contribution in [1.29, 1.82) is 0 Å². The summed E-state index contributed by atoms with van der Waals surface area (Å²) in [4.78, 5) is 30.7. The van der Waals surface area contributed by atoms with Gasteiger partial charge < -0.3 is 28.7 Å². The monoisotopic (exact) mass is 531 g/mol. The third kappa shape index (κ3) is 12.3. The zero-order chi connectivity index (χ0) is 28.0. The minimum Gasteiger partial charge on any atom is -0.491 e. The Balaban J connectivity index is 0.00000172. The molecule has 2 N–H and O–H groups in total. The van der Waals surface area contributed by atoms with Crippen LogP contribution in [0.2, 0.25) is 0 Å². The van der Waals surface area contributed by atoms with Gasteiger partial charge in [-0.1, -0.05) is 27.7 Å². The Hall–Kier alpha value is -3.31. The second kappa shape index (κ2) is 20.7. The van der Waals surface area contributed by atoms with Gasteiger partial charge in [-0.15, -0.1) is 0 Å². The molecule has 2 aromatic carbocycles. The molecule has 1 amide bonds. The number of rotatable bonds is 16. The van der Waals surface area contributed by atoms with Gasteiger partial charge in [0.1, 0.15) is 18.6 Å². The number of aldehydes is 1. The van der Waals surface area contributed by atoms with Gasteiger partial charge in [-0.25, -0.2) is 4.98 Å². The summed E-state index contributed by atoms with van der Waals surface area (Å²) in [6, 6.07) is 11.8. The van der Waals surface area contributed by atoms with Crippen molar-refractivity contribution in [3.63, 3.8) is 0 Å². The minimum absolute atomic E-state index is 0.308. The van der Waals surface area contributed by atoms with E-state index in [1.165, 1.54) is 0 Å². The fourth-order valence-corrected chi connectivity index (χ4v) is 2.94. The number of aromatic amines is 1. The average molecular weight is 532 g/mol. The lowest BCUT2D eigenvalue weighted by atomic mass is 10.2. The second-order valence-corrected chi connectivity index (χ2v) is 7.14. The van der Waals surface area contributed by atoms with Gasteiger partial charge in [0, 0.05) is 18.2 Å². The van der Waals surface area contributed by atoms with E-state index < -0.39 is 0 Å². The highest BCUT2D eigenvalue weighted by atomic mass is 16.6. The van der Waals surface area contributed by atoms with Gasteiger partial charge in [0.25, 0.3) is 5.91 Å². The number of hydrogen-bond donors (Lipinski definition) is 2. The minimum atomic E-state index is -0.311. The summed E-state index contributed by atoms with van der Waals surface area (Å²) in [6.45, 7) is 11.9. The molecule has 38 heavy (non-hydrogen) atoms. The summed E-state index contributed by atoms with van der Waals surface area (Å²) < 4.78 is 26.7. The Morgan fingerprint density at radius 3 is 2.00 bits per heavy atom. The molecular weight excluding hydrogens is 490 g/mol. The number of fused-ring (bicyclic) bond motifs is 1. The predicted octanol–water partition coefficient (Wildman–Crippen LogP) is 4.76. The predicted molar refractivity (Wildman–Crippen MR) is 148 cm³/mol. The van der Waals surface area contributed by atoms with Crippen molar-refractivity contribution in [1.82, 2.24) is 9.97 Å². The molecule has 10 nitrogen and oxygen atoms in total. The molecule has 0 radical (unpaired) electrons. The molecule has 0 aliphatic carbocycles. The molecule has 0 spiro atoms. The molecule has 0 atom stereocenters. The highest BCUT2D eigenvalue weighted by Gasteiger charge is 2.10. The van der Waals surface area contributed by atoms with Gasteiger partial charge >= 0.3 is 0 Å². The molecular formula is C28H41N3O7. The van der Waals surface area contributed by atoms with Gasteiger partial charge in [-0.2, -0.15) is 0 Å². The van der Waals surface area contributed by atoms with Crippen LogP contribution in [0, 0.1) is 0 Å². The van der Waals surface area contributed by atoms with Crippen LogP contribution in [-0.4, -0.2) is 82.1 Å². The zero-order valence-corrected chi connectivity index (χ0v) is 23.1. The maximum Gasteiger partial charge on any atom is 0.257 e. The first-order chi connectivity index (χ1) is 18.7. The van der Waals surface area contributed by atoms with Crippen LogP contribution in [0.15, 0.2) is 42.5 Å². The van der Waals surface area contributed by atoms with Crippen LogP contribution in [0.5, 0.6) is 5.75 Å². The highest BCUT2D eigenvalue weighted by molar-refractivity contribution is 6.04. The normalized spacial score (nSPS) is 10.1. The quantitative estimate of drug-likeness (QED) is 0.201. The number of hydrogen-bond acceptors (Lipinski definition) is 8. The Labute approximate surface area is 225 Å². The number of amides is 1. The van der Waals surface area contributed by atoms with Crippen LogP contribution in [0.3, 0.4) is 0 Å². The van der Waals surface area contributed by atoms with E-state index >= 15 is 0 Å². The van der Waals surface area contributed by atoms with Gasteiger partial charge in [0.15, 0.2) is 0 Å². The summed E-state index contributed by atoms with van der Waals surface area (Å²) >= 11 is 0. The molecule has 0 saturated carbocycles. The maximum absolute atomic E-state index is 12.5. The average Bonchev–Trinajstić information content (AvgIpc) is 3.37. The number of benzene rings is 2. The molecule has 10 heteroatoms. The molecule has 0 saturated heterocycles. The molecule has 3 rings (SSSR count). The molecule has 1 aromatic heterocycles. The van der Waals surface area contributed by atoms with Crippen molar-refractivity contribution in [2.45, 2.75) is 27.7 Å². The van der Waals surface area contributed by atoms with Gasteiger partial charge in [0.2, 0.25) is 5.95 Å². The Morgan fingerprint density at radius 1 is 0.842 bits per heavy atom. The van der Waals surface area contributed by atoms with Crippen LogP contribution in [0.1, 0.15) is 48.4 Å². The number of ether oxygens (including phenoxy) is 5. The van der Waals surface area contributed by atoms with Crippen molar-refractivity contribution in [3.8, 4) is 5.75 Å². The summed E-state index contributed by atoms with van der Waals surface area (Å²) in [5, 5.41) is 2.72. The molecule has 3 aromatic rings. The summed E-state index contributed by atoms with van der Waals surface area (Å²) in [5.74, 6) is 0.631. The third-order valence-corrected chi connectivity index (χ3v) is 4.66. The van der Waals surface area contributed by atoms with Crippen molar-refractivity contribution in [2.75, 3.05) is 65.3 Å². The van der Waals surface area contributed by atoms with Crippen molar-refractivity contribution < 1.29 is 33.3 Å². The number of carbonyl (C=O) groups is 2. The Kier molecular flexibility index (Phi) is 17.8. The smallest absolute Gasteiger partial charge is 0.257 e. The van der Waals surface area contributed by atoms with Crippen LogP contribution in [-0.2, 0) is 18.9 Å². The number of nitrogens with zero attached hydrogens (tertiary/aromatic N) is 1. The topological polar surface area (TPSA) is 121 Å². The van der Waals surface area contributed by atoms with Crippen LogP contribution >= 0.6 is 0 Å². The number of H-pyrrole nitrogens is 1. The molecule has 0 fully saturated rings. The first kappa shape index (κ1) is 32.7. The number of nitrogens with one attached hydrogen (secondary N) is 2. The lowest BCUT2D eigenvalue weighted by Gasteiger charge is -2.09. The van der Waals surface area contributed by atoms with Crippen molar-refractivity contribution in [2.24, 2.45) is 0 Å². The molecule has 1 heterocycles.